The van der Waals surface area contributed by atoms with E-state index in [1.807, 2.05) is 0 Å². The number of hydrogen-bond donors (Lipinski definition) is 1. The molecule has 0 spiro atoms. The highest BCUT2D eigenvalue weighted by Crippen LogP contribution is 2.31. The number of nitrogens with zero attached hydrogens (tertiary/aromatic N) is 2. The fraction of sp³-hybridized carbons (Fsp3) is 0.385. The van der Waals surface area contributed by atoms with Crippen molar-refractivity contribution in [2.45, 2.75) is 25.9 Å². The monoisotopic (exact) mass is 282 g/mol. The Hall–Kier alpha value is -1.59. The minimum atomic E-state index is -0.196. The second-order valence-electron chi connectivity index (χ2n) is 4.13. The number of methoxy groups -OCH3 is 1. The van der Waals surface area contributed by atoms with Crippen LogP contribution in [0.3, 0.4) is 0 Å². The maximum absolute atomic E-state index is 9.47. The van der Waals surface area contributed by atoms with E-state index in [9.17, 15) is 5.11 Å². The molecule has 2 rings (SSSR count). The summed E-state index contributed by atoms with van der Waals surface area (Å²) in [5.74, 6) is 0.851. The van der Waals surface area contributed by atoms with Crippen molar-refractivity contribution in [3.05, 3.63) is 29.0 Å². The van der Waals surface area contributed by atoms with Gasteiger partial charge in [0, 0.05) is 7.11 Å². The van der Waals surface area contributed by atoms with Gasteiger partial charge in [0.05, 0.1) is 10.6 Å². The number of halogens is 1. The first-order chi connectivity index (χ1) is 9.15. The lowest BCUT2D eigenvalue weighted by Gasteiger charge is -2.08. The molecule has 6 heteroatoms. The summed E-state index contributed by atoms with van der Waals surface area (Å²) in [4.78, 5) is 4.27. The van der Waals surface area contributed by atoms with E-state index >= 15 is 0 Å². The van der Waals surface area contributed by atoms with E-state index in [4.69, 9.17) is 20.9 Å². The number of aromatic nitrogens is 2. The summed E-state index contributed by atoms with van der Waals surface area (Å²) in [6, 6.07) is 4.56. The SMILES string of the molecule is CCCC(OC)c1noc(-c2cc(O)ccc2Cl)n1. The van der Waals surface area contributed by atoms with Gasteiger partial charge >= 0.3 is 0 Å². The third-order valence-corrected chi connectivity index (χ3v) is 3.08. The van der Waals surface area contributed by atoms with Gasteiger partial charge in [-0.15, -0.1) is 0 Å². The first kappa shape index (κ1) is 13.8. The minimum Gasteiger partial charge on any atom is -0.508 e. The highest BCUT2D eigenvalue weighted by Gasteiger charge is 2.19. The highest BCUT2D eigenvalue weighted by atomic mass is 35.5. The lowest BCUT2D eigenvalue weighted by atomic mass is 10.2. The van der Waals surface area contributed by atoms with Crippen molar-refractivity contribution in [2.75, 3.05) is 7.11 Å². The predicted molar refractivity (Wildman–Crippen MR) is 71.1 cm³/mol. The van der Waals surface area contributed by atoms with Gasteiger partial charge in [-0.2, -0.15) is 4.98 Å². The molecule has 1 atom stereocenters. The Morgan fingerprint density at radius 3 is 2.95 bits per heavy atom. The third-order valence-electron chi connectivity index (χ3n) is 2.75. The van der Waals surface area contributed by atoms with Crippen molar-refractivity contribution in [2.24, 2.45) is 0 Å². The molecule has 5 nitrogen and oxygen atoms in total. The maximum Gasteiger partial charge on any atom is 0.259 e. The van der Waals surface area contributed by atoms with Crippen LogP contribution in [-0.2, 0) is 4.74 Å². The molecule has 0 saturated carbocycles. The molecule has 1 N–H and O–H groups in total. The molecule has 0 aliphatic carbocycles. The Balaban J connectivity index is 2.32. The number of ether oxygens (including phenoxy) is 1. The van der Waals surface area contributed by atoms with Crippen LogP contribution in [-0.4, -0.2) is 22.4 Å². The summed E-state index contributed by atoms with van der Waals surface area (Å²) in [5.41, 5.74) is 0.506. The summed E-state index contributed by atoms with van der Waals surface area (Å²) < 4.78 is 10.5. The van der Waals surface area contributed by atoms with Crippen LogP contribution in [0, 0.1) is 0 Å². The Bertz CT molecular complexity index is 557. The van der Waals surface area contributed by atoms with Gasteiger partial charge in [0.1, 0.15) is 11.9 Å². The first-order valence-electron chi connectivity index (χ1n) is 6.01. The van der Waals surface area contributed by atoms with Crippen LogP contribution in [0.4, 0.5) is 0 Å². The fourth-order valence-electron chi connectivity index (χ4n) is 1.77. The summed E-state index contributed by atoms with van der Waals surface area (Å²) in [6.07, 6.45) is 1.57. The molecule has 1 heterocycles. The number of benzene rings is 1. The number of hydrogen-bond acceptors (Lipinski definition) is 5. The first-order valence-corrected chi connectivity index (χ1v) is 6.38. The molecule has 0 radical (unpaired) electrons. The van der Waals surface area contributed by atoms with Gasteiger partial charge in [0.25, 0.3) is 5.89 Å². The van der Waals surface area contributed by atoms with Gasteiger partial charge in [-0.05, 0) is 24.6 Å². The Labute approximate surface area is 116 Å². The zero-order chi connectivity index (χ0) is 13.8. The van der Waals surface area contributed by atoms with Crippen molar-refractivity contribution in [3.8, 4) is 17.2 Å². The van der Waals surface area contributed by atoms with Gasteiger partial charge in [-0.1, -0.05) is 30.1 Å². The maximum atomic E-state index is 9.47. The van der Waals surface area contributed by atoms with Gasteiger partial charge in [-0.25, -0.2) is 0 Å². The smallest absolute Gasteiger partial charge is 0.259 e. The molecule has 0 aliphatic heterocycles. The second-order valence-corrected chi connectivity index (χ2v) is 4.54. The van der Waals surface area contributed by atoms with Crippen molar-refractivity contribution >= 4 is 11.6 Å². The molecular formula is C13H15ClN2O3. The van der Waals surface area contributed by atoms with E-state index in [1.54, 1.807) is 13.2 Å². The molecule has 19 heavy (non-hydrogen) atoms. The van der Waals surface area contributed by atoms with Gasteiger partial charge < -0.3 is 14.4 Å². The lowest BCUT2D eigenvalue weighted by Crippen LogP contribution is -2.03. The molecule has 1 aromatic heterocycles. The molecule has 102 valence electrons. The van der Waals surface area contributed by atoms with Crippen LogP contribution in [0.5, 0.6) is 5.75 Å². The number of rotatable bonds is 5. The zero-order valence-corrected chi connectivity index (χ0v) is 11.5. The molecule has 0 amide bonds. The number of phenols is 1. The standard InChI is InChI=1S/C13H15ClN2O3/c1-3-4-11(18-2)12-15-13(19-16-12)9-7-8(17)5-6-10(9)14/h5-7,11,17H,3-4H2,1-2H3. The second kappa shape index (κ2) is 6.04. The van der Waals surface area contributed by atoms with Crippen LogP contribution in [0.15, 0.2) is 22.7 Å². The Morgan fingerprint density at radius 2 is 2.26 bits per heavy atom. The summed E-state index contributed by atoms with van der Waals surface area (Å²) in [7, 11) is 1.61. The van der Waals surface area contributed by atoms with Crippen LogP contribution in [0.25, 0.3) is 11.5 Å². The molecule has 0 bridgehead atoms. The number of aromatic hydroxyl groups is 1. The normalized spacial score (nSPS) is 12.6. The molecule has 0 saturated heterocycles. The summed E-state index contributed by atoms with van der Waals surface area (Å²) in [5, 5.41) is 13.8. The fourth-order valence-corrected chi connectivity index (χ4v) is 1.97. The van der Waals surface area contributed by atoms with E-state index in [0.29, 0.717) is 16.4 Å². The quantitative estimate of drug-likeness (QED) is 0.908. The average molecular weight is 283 g/mol. The van der Waals surface area contributed by atoms with Crippen molar-refractivity contribution in [1.29, 1.82) is 0 Å². The Morgan fingerprint density at radius 1 is 1.47 bits per heavy atom. The molecule has 1 unspecified atom stereocenters. The van der Waals surface area contributed by atoms with Crippen LogP contribution in [0.2, 0.25) is 5.02 Å². The van der Waals surface area contributed by atoms with E-state index in [2.05, 4.69) is 17.1 Å². The molecular weight excluding hydrogens is 268 g/mol. The van der Waals surface area contributed by atoms with E-state index in [1.165, 1.54) is 12.1 Å². The van der Waals surface area contributed by atoms with Gasteiger partial charge in [0.15, 0.2) is 0 Å². The minimum absolute atomic E-state index is 0.0935. The number of phenolic OH excluding ortho intramolecular Hbond substituents is 1. The zero-order valence-electron chi connectivity index (χ0n) is 10.8. The van der Waals surface area contributed by atoms with E-state index < -0.39 is 0 Å². The van der Waals surface area contributed by atoms with Crippen molar-refractivity contribution < 1.29 is 14.4 Å². The van der Waals surface area contributed by atoms with Crippen LogP contribution in [0.1, 0.15) is 31.7 Å². The van der Waals surface area contributed by atoms with E-state index in [0.717, 1.165) is 12.8 Å². The lowest BCUT2D eigenvalue weighted by molar-refractivity contribution is 0.0854. The average Bonchev–Trinajstić information content (AvgIpc) is 2.88. The molecule has 2 aromatic rings. The Kier molecular flexibility index (Phi) is 4.39. The molecule has 1 aromatic carbocycles. The van der Waals surface area contributed by atoms with E-state index in [-0.39, 0.29) is 17.7 Å². The van der Waals surface area contributed by atoms with Crippen LogP contribution < -0.4 is 0 Å². The largest absolute Gasteiger partial charge is 0.508 e. The predicted octanol–water partition coefficient (Wildman–Crippen LogP) is 3.58. The molecule has 0 aliphatic rings. The van der Waals surface area contributed by atoms with Crippen molar-refractivity contribution in [3.63, 3.8) is 0 Å². The third kappa shape index (κ3) is 3.05. The highest BCUT2D eigenvalue weighted by molar-refractivity contribution is 6.33. The molecule has 0 fully saturated rings. The van der Waals surface area contributed by atoms with Crippen molar-refractivity contribution in [1.82, 2.24) is 10.1 Å². The topological polar surface area (TPSA) is 68.4 Å². The van der Waals surface area contributed by atoms with Crippen LogP contribution >= 0.6 is 11.6 Å². The summed E-state index contributed by atoms with van der Waals surface area (Å²) >= 11 is 6.04. The van der Waals surface area contributed by atoms with Gasteiger partial charge in [-0.3, -0.25) is 0 Å². The summed E-state index contributed by atoms with van der Waals surface area (Å²) in [6.45, 7) is 2.05. The van der Waals surface area contributed by atoms with Gasteiger partial charge in [0.2, 0.25) is 5.82 Å².